The quantitative estimate of drug-likeness (QED) is 0.788. The number of fused-ring (bicyclic) bond motifs is 1. The Kier molecular flexibility index (Phi) is 5.02. The zero-order valence-electron chi connectivity index (χ0n) is 12.1. The SMILES string of the molecule is CCOC(=O)COc1cc2c(Cl)c(C#N)cnc2cc1OC. The number of benzene rings is 1. The summed E-state index contributed by atoms with van der Waals surface area (Å²) < 4.78 is 15.4. The van der Waals surface area contributed by atoms with Crippen LogP contribution in [0.4, 0.5) is 0 Å². The number of hydrogen-bond acceptors (Lipinski definition) is 6. The molecule has 1 heterocycles. The van der Waals surface area contributed by atoms with Crippen LogP contribution in [0.1, 0.15) is 12.5 Å². The van der Waals surface area contributed by atoms with E-state index in [1.807, 2.05) is 6.07 Å². The number of methoxy groups -OCH3 is 1. The van der Waals surface area contributed by atoms with Crippen molar-refractivity contribution >= 4 is 28.5 Å². The molecule has 114 valence electrons. The Labute approximate surface area is 132 Å². The molecular weight excluding hydrogens is 308 g/mol. The second-order valence-corrected chi connectivity index (χ2v) is 4.59. The molecule has 6 nitrogen and oxygen atoms in total. The molecule has 2 rings (SSSR count). The Morgan fingerprint density at radius 2 is 2.18 bits per heavy atom. The number of esters is 1. The highest BCUT2D eigenvalue weighted by atomic mass is 35.5. The summed E-state index contributed by atoms with van der Waals surface area (Å²) in [6, 6.07) is 5.18. The first-order valence-electron chi connectivity index (χ1n) is 6.45. The van der Waals surface area contributed by atoms with Crippen LogP contribution in [0.5, 0.6) is 11.5 Å². The maximum absolute atomic E-state index is 11.4. The van der Waals surface area contributed by atoms with E-state index in [1.165, 1.54) is 13.3 Å². The molecule has 0 amide bonds. The first kappa shape index (κ1) is 15.9. The van der Waals surface area contributed by atoms with Gasteiger partial charge < -0.3 is 14.2 Å². The van der Waals surface area contributed by atoms with Crippen molar-refractivity contribution in [3.63, 3.8) is 0 Å². The molecule has 0 aliphatic heterocycles. The number of pyridine rings is 1. The van der Waals surface area contributed by atoms with Gasteiger partial charge in [-0.2, -0.15) is 5.26 Å². The predicted molar refractivity (Wildman–Crippen MR) is 80.1 cm³/mol. The first-order chi connectivity index (χ1) is 10.6. The highest BCUT2D eigenvalue weighted by molar-refractivity contribution is 6.36. The van der Waals surface area contributed by atoms with Crippen LogP contribution in [0.25, 0.3) is 10.9 Å². The molecule has 0 aliphatic carbocycles. The molecule has 1 aromatic carbocycles. The van der Waals surface area contributed by atoms with Gasteiger partial charge >= 0.3 is 5.97 Å². The van der Waals surface area contributed by atoms with E-state index in [0.29, 0.717) is 22.4 Å². The summed E-state index contributed by atoms with van der Waals surface area (Å²) in [7, 11) is 1.48. The standard InChI is InChI=1S/C15H13ClN2O4/c1-3-21-14(19)8-22-13-4-10-11(5-12(13)20-2)18-7-9(6-17)15(10)16/h4-5,7H,3,8H2,1-2H3. The third-order valence-corrected chi connectivity index (χ3v) is 3.27. The third kappa shape index (κ3) is 3.21. The van der Waals surface area contributed by atoms with Crippen molar-refractivity contribution in [2.24, 2.45) is 0 Å². The molecule has 22 heavy (non-hydrogen) atoms. The molecule has 2 aromatic rings. The molecule has 0 saturated heterocycles. The van der Waals surface area contributed by atoms with E-state index < -0.39 is 5.97 Å². The van der Waals surface area contributed by atoms with Crippen LogP contribution in [-0.4, -0.2) is 31.3 Å². The van der Waals surface area contributed by atoms with Gasteiger partial charge in [0, 0.05) is 17.6 Å². The van der Waals surface area contributed by atoms with Crippen molar-refractivity contribution in [2.75, 3.05) is 20.3 Å². The van der Waals surface area contributed by atoms with Crippen LogP contribution in [0.2, 0.25) is 5.02 Å². The highest BCUT2D eigenvalue weighted by Crippen LogP contribution is 2.35. The minimum absolute atomic E-state index is 0.251. The number of nitriles is 1. The lowest BCUT2D eigenvalue weighted by Crippen LogP contribution is -2.14. The van der Waals surface area contributed by atoms with Gasteiger partial charge in [0.2, 0.25) is 0 Å². The summed E-state index contributed by atoms with van der Waals surface area (Å²) in [5.41, 5.74) is 0.819. The molecule has 0 aliphatic rings. The van der Waals surface area contributed by atoms with Crippen LogP contribution in [-0.2, 0) is 9.53 Å². The molecule has 0 unspecified atom stereocenters. The summed E-state index contributed by atoms with van der Waals surface area (Å²) in [4.78, 5) is 15.5. The summed E-state index contributed by atoms with van der Waals surface area (Å²) in [6.45, 7) is 1.74. The van der Waals surface area contributed by atoms with Crippen molar-refractivity contribution in [1.82, 2.24) is 4.98 Å². The summed E-state index contributed by atoms with van der Waals surface area (Å²) in [6.07, 6.45) is 1.39. The van der Waals surface area contributed by atoms with Crippen molar-refractivity contribution in [3.8, 4) is 17.6 Å². The number of nitrogens with zero attached hydrogens (tertiary/aromatic N) is 2. The number of carbonyl (C=O) groups excluding carboxylic acids is 1. The Morgan fingerprint density at radius 1 is 1.41 bits per heavy atom. The Hall–Kier alpha value is -2.52. The molecule has 0 radical (unpaired) electrons. The van der Waals surface area contributed by atoms with Crippen molar-refractivity contribution < 1.29 is 19.0 Å². The largest absolute Gasteiger partial charge is 0.493 e. The number of halogens is 1. The Balaban J connectivity index is 2.42. The number of ether oxygens (including phenoxy) is 3. The highest BCUT2D eigenvalue weighted by Gasteiger charge is 2.14. The van der Waals surface area contributed by atoms with Crippen molar-refractivity contribution in [2.45, 2.75) is 6.92 Å². The van der Waals surface area contributed by atoms with Gasteiger partial charge in [-0.3, -0.25) is 4.98 Å². The fraction of sp³-hybridized carbons (Fsp3) is 0.267. The van der Waals surface area contributed by atoms with E-state index >= 15 is 0 Å². The minimum atomic E-state index is -0.486. The van der Waals surface area contributed by atoms with Gasteiger partial charge in [-0.05, 0) is 13.0 Å². The number of carbonyl (C=O) groups is 1. The van der Waals surface area contributed by atoms with Gasteiger partial charge in [-0.15, -0.1) is 0 Å². The topological polar surface area (TPSA) is 81.4 Å². The van der Waals surface area contributed by atoms with E-state index in [1.54, 1.807) is 19.1 Å². The number of aromatic nitrogens is 1. The second kappa shape index (κ2) is 6.96. The molecule has 0 spiro atoms. The average Bonchev–Trinajstić information content (AvgIpc) is 2.53. The molecule has 1 aromatic heterocycles. The lowest BCUT2D eigenvalue weighted by atomic mass is 10.1. The smallest absolute Gasteiger partial charge is 0.344 e. The summed E-state index contributed by atoms with van der Waals surface area (Å²) in [5, 5.41) is 9.81. The van der Waals surface area contributed by atoms with Crippen LogP contribution in [0.3, 0.4) is 0 Å². The van der Waals surface area contributed by atoms with Crippen LogP contribution in [0.15, 0.2) is 18.3 Å². The Bertz CT molecular complexity index is 755. The summed E-state index contributed by atoms with van der Waals surface area (Å²) >= 11 is 6.17. The molecule has 0 saturated carbocycles. The van der Waals surface area contributed by atoms with E-state index in [0.717, 1.165) is 0 Å². The van der Waals surface area contributed by atoms with Gasteiger partial charge in [0.1, 0.15) is 6.07 Å². The van der Waals surface area contributed by atoms with Gasteiger partial charge in [-0.1, -0.05) is 11.6 Å². The zero-order valence-corrected chi connectivity index (χ0v) is 12.8. The molecule has 0 bridgehead atoms. The van der Waals surface area contributed by atoms with Crippen molar-refractivity contribution in [1.29, 1.82) is 5.26 Å². The lowest BCUT2D eigenvalue weighted by Gasteiger charge is -2.12. The van der Waals surface area contributed by atoms with Gasteiger partial charge in [-0.25, -0.2) is 4.79 Å². The maximum atomic E-state index is 11.4. The molecule has 7 heteroatoms. The first-order valence-corrected chi connectivity index (χ1v) is 6.83. The van der Waals surface area contributed by atoms with E-state index in [-0.39, 0.29) is 23.8 Å². The molecule has 0 atom stereocenters. The summed E-state index contributed by atoms with van der Waals surface area (Å²) in [5.74, 6) is 0.242. The Morgan fingerprint density at radius 3 is 2.82 bits per heavy atom. The van der Waals surface area contributed by atoms with Crippen molar-refractivity contribution in [3.05, 3.63) is 28.9 Å². The fourth-order valence-electron chi connectivity index (χ4n) is 1.86. The maximum Gasteiger partial charge on any atom is 0.344 e. The molecule has 0 fully saturated rings. The molecule has 0 N–H and O–H groups in total. The predicted octanol–water partition coefficient (Wildman–Crippen LogP) is 2.71. The van der Waals surface area contributed by atoms with E-state index in [2.05, 4.69) is 4.98 Å². The van der Waals surface area contributed by atoms with Gasteiger partial charge in [0.15, 0.2) is 18.1 Å². The number of hydrogen-bond donors (Lipinski definition) is 0. The van der Waals surface area contributed by atoms with E-state index in [4.69, 9.17) is 31.1 Å². The van der Waals surface area contributed by atoms with Gasteiger partial charge in [0.25, 0.3) is 0 Å². The third-order valence-electron chi connectivity index (χ3n) is 2.86. The lowest BCUT2D eigenvalue weighted by molar-refractivity contribution is -0.145. The number of rotatable bonds is 5. The minimum Gasteiger partial charge on any atom is -0.493 e. The van der Waals surface area contributed by atoms with Gasteiger partial charge in [0.05, 0.1) is 29.8 Å². The normalized spacial score (nSPS) is 10.1. The van der Waals surface area contributed by atoms with E-state index in [9.17, 15) is 4.79 Å². The fourth-order valence-corrected chi connectivity index (χ4v) is 2.10. The van der Waals surface area contributed by atoms with Crippen LogP contribution in [0, 0.1) is 11.3 Å². The average molecular weight is 321 g/mol. The molecular formula is C15H13ClN2O4. The second-order valence-electron chi connectivity index (χ2n) is 4.21. The van der Waals surface area contributed by atoms with Crippen LogP contribution >= 0.6 is 11.6 Å². The van der Waals surface area contributed by atoms with Crippen LogP contribution < -0.4 is 9.47 Å². The zero-order chi connectivity index (χ0) is 16.1. The monoisotopic (exact) mass is 320 g/mol.